The van der Waals surface area contributed by atoms with Gasteiger partial charge in [-0.1, -0.05) is 23.5 Å². The second-order valence-corrected chi connectivity index (χ2v) is 6.00. The van der Waals surface area contributed by atoms with E-state index in [1.54, 1.807) is 11.3 Å². The summed E-state index contributed by atoms with van der Waals surface area (Å²) in [6.45, 7) is 3.83. The Morgan fingerprint density at radius 2 is 2.35 bits per heavy atom. The number of nitrogens with zero attached hydrogens (tertiary/aromatic N) is 1. The molecule has 1 atom stereocenters. The molecule has 108 valence electrons. The van der Waals surface area contributed by atoms with Gasteiger partial charge in [0.1, 0.15) is 0 Å². The van der Waals surface area contributed by atoms with Crippen molar-refractivity contribution in [2.75, 3.05) is 18.4 Å². The van der Waals surface area contributed by atoms with Gasteiger partial charge in [-0.2, -0.15) is 0 Å². The molecule has 0 spiro atoms. The van der Waals surface area contributed by atoms with Gasteiger partial charge in [0, 0.05) is 6.54 Å². The van der Waals surface area contributed by atoms with Gasteiger partial charge in [0.25, 0.3) is 0 Å². The van der Waals surface area contributed by atoms with Crippen molar-refractivity contribution in [3.8, 4) is 0 Å². The molecule has 0 bridgehead atoms. The number of rotatable bonds is 2. The molecule has 6 heteroatoms. The fourth-order valence-electron chi connectivity index (χ4n) is 2.42. The Hall–Kier alpha value is -1.17. The first kappa shape index (κ1) is 15.2. The molecule has 1 aliphatic rings. The first-order chi connectivity index (χ1) is 9.24. The molecule has 4 nitrogen and oxygen atoms in total. The van der Waals surface area contributed by atoms with Crippen molar-refractivity contribution in [1.29, 1.82) is 0 Å². The molecule has 2 aromatic rings. The molecular formula is C14H18ClN3OS. The highest BCUT2D eigenvalue weighted by atomic mass is 35.5. The molecule has 20 heavy (non-hydrogen) atoms. The number of aromatic nitrogens is 1. The maximum absolute atomic E-state index is 12.1. The van der Waals surface area contributed by atoms with E-state index in [4.69, 9.17) is 0 Å². The van der Waals surface area contributed by atoms with Gasteiger partial charge in [0.15, 0.2) is 5.13 Å². The molecule has 1 unspecified atom stereocenters. The topological polar surface area (TPSA) is 54.0 Å². The number of nitrogens with one attached hydrogen (secondary N) is 2. The van der Waals surface area contributed by atoms with Gasteiger partial charge in [-0.05, 0) is 37.9 Å². The Morgan fingerprint density at radius 1 is 1.50 bits per heavy atom. The predicted molar refractivity (Wildman–Crippen MR) is 85.8 cm³/mol. The molecule has 0 radical (unpaired) electrons. The second-order valence-electron chi connectivity index (χ2n) is 4.97. The third-order valence-electron chi connectivity index (χ3n) is 3.52. The van der Waals surface area contributed by atoms with Crippen LogP contribution in [0, 0.1) is 12.8 Å². The predicted octanol–water partition coefficient (Wildman–Crippen LogP) is 2.96. The zero-order chi connectivity index (χ0) is 13.2. The number of amides is 1. The van der Waals surface area contributed by atoms with Crippen molar-refractivity contribution in [1.82, 2.24) is 10.3 Å². The number of carbonyl (C=O) groups excluding carboxylic acids is 1. The minimum absolute atomic E-state index is 0. The van der Waals surface area contributed by atoms with Crippen LogP contribution in [-0.4, -0.2) is 24.0 Å². The number of halogens is 1. The van der Waals surface area contributed by atoms with Crippen LogP contribution in [0.25, 0.3) is 10.2 Å². The number of thiazole rings is 1. The molecule has 0 saturated carbocycles. The zero-order valence-electron chi connectivity index (χ0n) is 11.3. The molecule has 3 rings (SSSR count). The molecular weight excluding hydrogens is 294 g/mol. The molecule has 2 N–H and O–H groups in total. The number of fused-ring (bicyclic) bond motifs is 1. The molecule has 1 aliphatic heterocycles. The molecule has 0 aliphatic carbocycles. The number of para-hydroxylation sites is 1. The minimum Gasteiger partial charge on any atom is -0.316 e. The summed E-state index contributed by atoms with van der Waals surface area (Å²) >= 11 is 1.54. The number of hydrogen-bond acceptors (Lipinski definition) is 4. The van der Waals surface area contributed by atoms with E-state index in [2.05, 4.69) is 15.6 Å². The first-order valence-corrected chi connectivity index (χ1v) is 7.43. The van der Waals surface area contributed by atoms with E-state index in [0.29, 0.717) is 5.13 Å². The summed E-state index contributed by atoms with van der Waals surface area (Å²) in [5, 5.41) is 6.92. The van der Waals surface area contributed by atoms with E-state index in [1.807, 2.05) is 25.1 Å². The van der Waals surface area contributed by atoms with Gasteiger partial charge in [0.2, 0.25) is 5.91 Å². The first-order valence-electron chi connectivity index (χ1n) is 6.62. The number of piperidine rings is 1. The molecule has 2 heterocycles. The Bertz CT molecular complexity index is 607. The van der Waals surface area contributed by atoms with E-state index >= 15 is 0 Å². The Labute approximate surface area is 128 Å². The lowest BCUT2D eigenvalue weighted by molar-refractivity contribution is -0.120. The molecule has 1 amide bonds. The van der Waals surface area contributed by atoms with E-state index in [0.717, 1.165) is 41.7 Å². The van der Waals surface area contributed by atoms with Gasteiger partial charge in [-0.25, -0.2) is 4.98 Å². The monoisotopic (exact) mass is 311 g/mol. The van der Waals surface area contributed by atoms with Crippen LogP contribution >= 0.6 is 23.7 Å². The lowest BCUT2D eigenvalue weighted by Gasteiger charge is -2.21. The number of anilines is 1. The third kappa shape index (κ3) is 3.11. The summed E-state index contributed by atoms with van der Waals surface area (Å²) in [5.41, 5.74) is 2.14. The van der Waals surface area contributed by atoms with Gasteiger partial charge < -0.3 is 10.6 Å². The average molecular weight is 312 g/mol. The fourth-order valence-corrected chi connectivity index (χ4v) is 3.37. The van der Waals surface area contributed by atoms with Crippen molar-refractivity contribution in [3.05, 3.63) is 23.8 Å². The van der Waals surface area contributed by atoms with Crippen LogP contribution < -0.4 is 10.6 Å². The van der Waals surface area contributed by atoms with Crippen molar-refractivity contribution >= 4 is 45.0 Å². The van der Waals surface area contributed by atoms with Crippen molar-refractivity contribution < 1.29 is 4.79 Å². The average Bonchev–Trinajstić information content (AvgIpc) is 2.84. The second kappa shape index (κ2) is 6.52. The highest BCUT2D eigenvalue weighted by Crippen LogP contribution is 2.28. The van der Waals surface area contributed by atoms with Crippen LogP contribution in [0.1, 0.15) is 18.4 Å². The number of hydrogen-bond donors (Lipinski definition) is 2. The lowest BCUT2D eigenvalue weighted by atomic mass is 9.99. The highest BCUT2D eigenvalue weighted by molar-refractivity contribution is 7.22. The Kier molecular flexibility index (Phi) is 4.96. The maximum Gasteiger partial charge on any atom is 0.230 e. The molecule has 1 aromatic carbocycles. The quantitative estimate of drug-likeness (QED) is 0.896. The van der Waals surface area contributed by atoms with Gasteiger partial charge >= 0.3 is 0 Å². The normalized spacial score (nSPS) is 18.6. The summed E-state index contributed by atoms with van der Waals surface area (Å²) in [7, 11) is 0. The number of aryl methyl sites for hydroxylation is 1. The molecule has 1 fully saturated rings. The summed E-state index contributed by atoms with van der Waals surface area (Å²) in [6.07, 6.45) is 2.03. The van der Waals surface area contributed by atoms with Crippen molar-refractivity contribution in [3.63, 3.8) is 0 Å². The zero-order valence-corrected chi connectivity index (χ0v) is 12.9. The van der Waals surface area contributed by atoms with Gasteiger partial charge in [-0.3, -0.25) is 4.79 Å². The van der Waals surface area contributed by atoms with E-state index < -0.39 is 0 Å². The van der Waals surface area contributed by atoms with Crippen LogP contribution in [0.15, 0.2) is 18.2 Å². The highest BCUT2D eigenvalue weighted by Gasteiger charge is 2.21. The van der Waals surface area contributed by atoms with Crippen LogP contribution in [-0.2, 0) is 4.79 Å². The van der Waals surface area contributed by atoms with E-state index in [9.17, 15) is 4.79 Å². The Balaban J connectivity index is 0.00000147. The maximum atomic E-state index is 12.1. The summed E-state index contributed by atoms with van der Waals surface area (Å²) in [4.78, 5) is 16.7. The van der Waals surface area contributed by atoms with E-state index in [1.165, 1.54) is 0 Å². The van der Waals surface area contributed by atoms with E-state index in [-0.39, 0.29) is 24.2 Å². The third-order valence-corrected chi connectivity index (χ3v) is 4.45. The van der Waals surface area contributed by atoms with Crippen LogP contribution in [0.2, 0.25) is 0 Å². The molecule has 1 aromatic heterocycles. The summed E-state index contributed by atoms with van der Waals surface area (Å²) in [6, 6.07) is 6.10. The summed E-state index contributed by atoms with van der Waals surface area (Å²) in [5.74, 6) is 0.158. The van der Waals surface area contributed by atoms with Crippen LogP contribution in [0.5, 0.6) is 0 Å². The fraction of sp³-hybridized carbons (Fsp3) is 0.429. The van der Waals surface area contributed by atoms with Gasteiger partial charge in [0.05, 0.1) is 16.1 Å². The van der Waals surface area contributed by atoms with Crippen molar-refractivity contribution in [2.45, 2.75) is 19.8 Å². The standard InChI is InChI=1S/C14H17N3OS.ClH/c1-9-4-2-6-11-12(9)16-14(19-11)17-13(18)10-5-3-7-15-8-10;/h2,4,6,10,15H,3,5,7-8H2,1H3,(H,16,17,18);1H. The number of carbonyl (C=O) groups is 1. The smallest absolute Gasteiger partial charge is 0.230 e. The summed E-state index contributed by atoms with van der Waals surface area (Å²) < 4.78 is 1.12. The largest absolute Gasteiger partial charge is 0.316 e. The SMILES string of the molecule is Cc1cccc2sc(NC(=O)C3CCCNC3)nc12.Cl. The van der Waals surface area contributed by atoms with Gasteiger partial charge in [-0.15, -0.1) is 12.4 Å². The van der Waals surface area contributed by atoms with Crippen LogP contribution in [0.3, 0.4) is 0 Å². The minimum atomic E-state index is 0. The van der Waals surface area contributed by atoms with Crippen LogP contribution in [0.4, 0.5) is 5.13 Å². The number of benzene rings is 1. The Morgan fingerprint density at radius 3 is 3.05 bits per heavy atom. The molecule has 1 saturated heterocycles. The lowest BCUT2D eigenvalue weighted by Crippen LogP contribution is -2.37. The van der Waals surface area contributed by atoms with Crippen molar-refractivity contribution in [2.24, 2.45) is 5.92 Å².